The van der Waals surface area contributed by atoms with Gasteiger partial charge in [-0.05, 0) is 50.0 Å². The molecule has 0 spiro atoms. The van der Waals surface area contributed by atoms with E-state index in [9.17, 15) is 4.79 Å². The predicted octanol–water partition coefficient (Wildman–Crippen LogP) is 4.66. The molecule has 0 fully saturated rings. The maximum absolute atomic E-state index is 12.7. The van der Waals surface area contributed by atoms with Gasteiger partial charge in [0.2, 0.25) is 5.91 Å². The van der Waals surface area contributed by atoms with Gasteiger partial charge in [-0.15, -0.1) is 0 Å². The van der Waals surface area contributed by atoms with Crippen molar-refractivity contribution in [3.63, 3.8) is 0 Å². The van der Waals surface area contributed by atoms with Gasteiger partial charge < -0.3 is 10.2 Å². The van der Waals surface area contributed by atoms with Crippen LogP contribution in [-0.2, 0) is 17.8 Å². The molecule has 30 heavy (non-hydrogen) atoms. The molecule has 0 bridgehead atoms. The number of carbonyl (C=O) groups excluding carboxylic acids is 1. The number of para-hydroxylation sites is 4. The SMILES string of the molecule is CN(C)Cc1ccccc1NC(=O)CCc1nc2ccccc2n1-c1ccccc1. The monoisotopic (exact) mass is 398 g/mol. The Hall–Kier alpha value is -3.44. The van der Waals surface area contributed by atoms with Crippen LogP contribution in [-0.4, -0.2) is 34.5 Å². The molecule has 0 saturated carbocycles. The normalized spacial score (nSPS) is 11.2. The van der Waals surface area contributed by atoms with Crippen molar-refractivity contribution < 1.29 is 4.79 Å². The molecule has 0 aliphatic carbocycles. The number of benzene rings is 3. The summed E-state index contributed by atoms with van der Waals surface area (Å²) >= 11 is 0. The van der Waals surface area contributed by atoms with E-state index in [1.165, 1.54) is 0 Å². The van der Waals surface area contributed by atoms with Crippen LogP contribution in [0.25, 0.3) is 16.7 Å². The van der Waals surface area contributed by atoms with Gasteiger partial charge in [0.25, 0.3) is 0 Å². The first-order valence-corrected chi connectivity index (χ1v) is 10.2. The lowest BCUT2D eigenvalue weighted by Crippen LogP contribution is -2.17. The Bertz CT molecular complexity index is 1150. The summed E-state index contributed by atoms with van der Waals surface area (Å²) in [4.78, 5) is 19.6. The molecule has 1 amide bonds. The Labute approximate surface area is 177 Å². The highest BCUT2D eigenvalue weighted by molar-refractivity contribution is 5.91. The molecule has 1 aromatic heterocycles. The summed E-state index contributed by atoms with van der Waals surface area (Å²) in [6.07, 6.45) is 0.928. The van der Waals surface area contributed by atoms with Crippen molar-refractivity contribution in [1.29, 1.82) is 0 Å². The summed E-state index contributed by atoms with van der Waals surface area (Å²) in [5.74, 6) is 0.881. The molecule has 0 unspecified atom stereocenters. The number of nitrogens with one attached hydrogen (secondary N) is 1. The number of anilines is 1. The van der Waals surface area contributed by atoms with Crippen LogP contribution in [0, 0.1) is 0 Å². The van der Waals surface area contributed by atoms with E-state index in [4.69, 9.17) is 4.98 Å². The second-order valence-electron chi connectivity index (χ2n) is 7.63. The van der Waals surface area contributed by atoms with Gasteiger partial charge in [0.15, 0.2) is 0 Å². The molecular weight excluding hydrogens is 372 g/mol. The second kappa shape index (κ2) is 8.93. The Morgan fingerprint density at radius 2 is 1.63 bits per heavy atom. The van der Waals surface area contributed by atoms with Crippen molar-refractivity contribution in [2.24, 2.45) is 0 Å². The van der Waals surface area contributed by atoms with E-state index in [1.54, 1.807) is 0 Å². The Kier molecular flexibility index (Phi) is 5.91. The van der Waals surface area contributed by atoms with Crippen molar-refractivity contribution in [2.45, 2.75) is 19.4 Å². The van der Waals surface area contributed by atoms with E-state index in [2.05, 4.69) is 33.0 Å². The molecule has 0 atom stereocenters. The fraction of sp³-hybridized carbons (Fsp3) is 0.200. The van der Waals surface area contributed by atoms with E-state index < -0.39 is 0 Å². The smallest absolute Gasteiger partial charge is 0.224 e. The van der Waals surface area contributed by atoms with Crippen LogP contribution in [0.15, 0.2) is 78.9 Å². The zero-order valence-electron chi connectivity index (χ0n) is 17.4. The summed E-state index contributed by atoms with van der Waals surface area (Å²) in [5, 5.41) is 3.08. The number of imidazole rings is 1. The zero-order chi connectivity index (χ0) is 20.9. The number of carbonyl (C=O) groups is 1. The van der Waals surface area contributed by atoms with E-state index in [-0.39, 0.29) is 5.91 Å². The molecule has 3 aromatic carbocycles. The number of nitrogens with zero attached hydrogens (tertiary/aromatic N) is 3. The number of aromatic nitrogens is 2. The number of amides is 1. The van der Waals surface area contributed by atoms with Gasteiger partial charge in [-0.25, -0.2) is 4.98 Å². The second-order valence-corrected chi connectivity index (χ2v) is 7.63. The van der Waals surface area contributed by atoms with Crippen molar-refractivity contribution >= 4 is 22.6 Å². The number of hydrogen-bond acceptors (Lipinski definition) is 3. The molecule has 152 valence electrons. The van der Waals surface area contributed by atoms with Crippen molar-refractivity contribution in [3.8, 4) is 5.69 Å². The first-order valence-electron chi connectivity index (χ1n) is 10.2. The lowest BCUT2D eigenvalue weighted by Gasteiger charge is -2.15. The highest BCUT2D eigenvalue weighted by atomic mass is 16.1. The first-order chi connectivity index (χ1) is 14.6. The number of aryl methyl sites for hydroxylation is 1. The Balaban J connectivity index is 1.54. The zero-order valence-corrected chi connectivity index (χ0v) is 17.4. The maximum Gasteiger partial charge on any atom is 0.224 e. The average molecular weight is 399 g/mol. The minimum atomic E-state index is -0.00660. The molecular formula is C25H26N4O. The first kappa shape index (κ1) is 19.9. The predicted molar refractivity (Wildman–Crippen MR) is 122 cm³/mol. The highest BCUT2D eigenvalue weighted by Crippen LogP contribution is 2.23. The van der Waals surface area contributed by atoms with Gasteiger partial charge in [-0.2, -0.15) is 0 Å². The summed E-state index contributed by atoms with van der Waals surface area (Å²) in [5.41, 5.74) is 5.02. The summed E-state index contributed by atoms with van der Waals surface area (Å²) < 4.78 is 2.14. The van der Waals surface area contributed by atoms with E-state index in [0.29, 0.717) is 12.8 Å². The Morgan fingerprint density at radius 3 is 2.43 bits per heavy atom. The number of fused-ring (bicyclic) bond motifs is 1. The van der Waals surface area contributed by atoms with Crippen molar-refractivity contribution in [2.75, 3.05) is 19.4 Å². The van der Waals surface area contributed by atoms with Crippen LogP contribution in [0.3, 0.4) is 0 Å². The molecule has 1 N–H and O–H groups in total. The van der Waals surface area contributed by atoms with Crippen LogP contribution in [0.5, 0.6) is 0 Å². The maximum atomic E-state index is 12.7. The summed E-state index contributed by atoms with van der Waals surface area (Å²) in [6.45, 7) is 0.778. The van der Waals surface area contributed by atoms with Crippen LogP contribution in [0.2, 0.25) is 0 Å². The van der Waals surface area contributed by atoms with E-state index in [0.717, 1.165) is 40.3 Å². The number of hydrogen-bond donors (Lipinski definition) is 1. The Morgan fingerprint density at radius 1 is 0.933 bits per heavy atom. The third-order valence-electron chi connectivity index (χ3n) is 5.00. The summed E-state index contributed by atoms with van der Waals surface area (Å²) in [7, 11) is 4.04. The minimum Gasteiger partial charge on any atom is -0.326 e. The fourth-order valence-corrected chi connectivity index (χ4v) is 3.67. The van der Waals surface area contributed by atoms with Gasteiger partial charge in [-0.1, -0.05) is 48.5 Å². The van der Waals surface area contributed by atoms with Gasteiger partial charge in [0.05, 0.1) is 11.0 Å². The highest BCUT2D eigenvalue weighted by Gasteiger charge is 2.14. The minimum absolute atomic E-state index is 0.00660. The molecule has 0 radical (unpaired) electrons. The van der Waals surface area contributed by atoms with Gasteiger partial charge in [0.1, 0.15) is 5.82 Å². The van der Waals surface area contributed by atoms with Crippen LogP contribution in [0.4, 0.5) is 5.69 Å². The molecule has 0 aliphatic heterocycles. The molecule has 5 heteroatoms. The molecule has 4 aromatic rings. The van der Waals surface area contributed by atoms with Crippen molar-refractivity contribution in [1.82, 2.24) is 14.5 Å². The molecule has 4 rings (SSSR count). The lowest BCUT2D eigenvalue weighted by atomic mass is 10.1. The van der Waals surface area contributed by atoms with Gasteiger partial charge in [-0.3, -0.25) is 9.36 Å². The van der Waals surface area contributed by atoms with Crippen molar-refractivity contribution in [3.05, 3.63) is 90.3 Å². The topological polar surface area (TPSA) is 50.2 Å². The average Bonchev–Trinajstić information content (AvgIpc) is 3.12. The van der Waals surface area contributed by atoms with Gasteiger partial charge >= 0.3 is 0 Å². The fourth-order valence-electron chi connectivity index (χ4n) is 3.67. The lowest BCUT2D eigenvalue weighted by molar-refractivity contribution is -0.116. The van der Waals surface area contributed by atoms with Crippen LogP contribution >= 0.6 is 0 Å². The van der Waals surface area contributed by atoms with Gasteiger partial charge in [0, 0.05) is 30.8 Å². The standard InChI is InChI=1S/C25H26N4O/c1-28(2)18-19-10-6-7-13-21(19)27-25(30)17-16-24-26-22-14-8-9-15-23(22)29(24)20-11-4-3-5-12-20/h3-15H,16-18H2,1-2H3,(H,27,30). The van der Waals surface area contributed by atoms with E-state index in [1.807, 2.05) is 74.8 Å². The van der Waals surface area contributed by atoms with E-state index >= 15 is 0 Å². The third-order valence-corrected chi connectivity index (χ3v) is 5.00. The van der Waals surface area contributed by atoms with Crippen LogP contribution < -0.4 is 5.32 Å². The summed E-state index contributed by atoms with van der Waals surface area (Å²) in [6, 6.07) is 26.2. The molecule has 5 nitrogen and oxygen atoms in total. The largest absolute Gasteiger partial charge is 0.326 e. The number of rotatable bonds is 7. The van der Waals surface area contributed by atoms with Crippen LogP contribution in [0.1, 0.15) is 17.8 Å². The third kappa shape index (κ3) is 4.42. The molecule has 0 saturated heterocycles. The quantitative estimate of drug-likeness (QED) is 0.493. The molecule has 1 heterocycles. The molecule has 0 aliphatic rings.